The van der Waals surface area contributed by atoms with Gasteiger partial charge in [0.15, 0.2) is 11.5 Å². The Balaban J connectivity index is 1.96. The van der Waals surface area contributed by atoms with E-state index in [4.69, 9.17) is 9.47 Å². The third-order valence-electron chi connectivity index (χ3n) is 3.64. The maximum absolute atomic E-state index is 12.0. The Labute approximate surface area is 153 Å². The number of nitrogens with zero attached hydrogens (tertiary/aromatic N) is 3. The van der Waals surface area contributed by atoms with Crippen LogP contribution in [0.3, 0.4) is 0 Å². The summed E-state index contributed by atoms with van der Waals surface area (Å²) in [6, 6.07) is 8.74. The van der Waals surface area contributed by atoms with Crippen molar-refractivity contribution >= 4 is 17.4 Å². The largest absolute Gasteiger partial charge is 0.497 e. The van der Waals surface area contributed by atoms with E-state index in [0.29, 0.717) is 23.9 Å². The molecule has 0 radical (unpaired) electrons. The number of amides is 1. The lowest BCUT2D eigenvalue weighted by Gasteiger charge is -2.12. The minimum absolute atomic E-state index is 0.232. The van der Waals surface area contributed by atoms with Crippen molar-refractivity contribution in [1.82, 2.24) is 20.4 Å². The van der Waals surface area contributed by atoms with E-state index < -0.39 is 0 Å². The fourth-order valence-corrected chi connectivity index (χ4v) is 2.25. The highest BCUT2D eigenvalue weighted by Crippen LogP contribution is 2.30. The van der Waals surface area contributed by atoms with Crippen molar-refractivity contribution in [3.05, 3.63) is 36.0 Å². The normalized spacial score (nSPS) is 10.5. The van der Waals surface area contributed by atoms with Crippen molar-refractivity contribution in [2.75, 3.05) is 46.7 Å². The van der Waals surface area contributed by atoms with Crippen LogP contribution in [0.15, 0.2) is 30.3 Å². The van der Waals surface area contributed by atoms with Gasteiger partial charge in [-0.1, -0.05) is 0 Å². The quantitative estimate of drug-likeness (QED) is 0.661. The predicted octanol–water partition coefficient (Wildman–Crippen LogP) is 1.92. The molecule has 0 aliphatic rings. The zero-order valence-electron chi connectivity index (χ0n) is 15.6. The van der Waals surface area contributed by atoms with Gasteiger partial charge in [-0.25, -0.2) is 0 Å². The standard InChI is InChI=1S/C18H25N5O3/c1-23(2)11-5-10-19-18(24)15-8-9-17(22-21-15)20-14-7-6-13(25-3)12-16(14)26-4/h6-9,12H,5,10-11H2,1-4H3,(H,19,24)(H,20,22). The molecule has 8 nitrogen and oxygen atoms in total. The number of carbonyl (C=O) groups is 1. The molecule has 1 heterocycles. The van der Waals surface area contributed by atoms with Gasteiger partial charge in [0.2, 0.25) is 0 Å². The Bertz CT molecular complexity index is 719. The monoisotopic (exact) mass is 359 g/mol. The van der Waals surface area contributed by atoms with Crippen molar-refractivity contribution in [3.8, 4) is 11.5 Å². The number of carbonyl (C=O) groups excluding carboxylic acids is 1. The van der Waals surface area contributed by atoms with Gasteiger partial charge >= 0.3 is 0 Å². The lowest BCUT2D eigenvalue weighted by atomic mass is 10.2. The zero-order chi connectivity index (χ0) is 18.9. The molecular weight excluding hydrogens is 334 g/mol. The Morgan fingerprint density at radius 1 is 1.12 bits per heavy atom. The summed E-state index contributed by atoms with van der Waals surface area (Å²) in [5.74, 6) is 1.59. The number of rotatable bonds is 9. The average Bonchev–Trinajstić information content (AvgIpc) is 2.65. The second-order valence-corrected chi connectivity index (χ2v) is 5.91. The molecule has 0 fully saturated rings. The highest BCUT2D eigenvalue weighted by Gasteiger charge is 2.10. The Morgan fingerprint density at radius 3 is 2.54 bits per heavy atom. The fourth-order valence-electron chi connectivity index (χ4n) is 2.25. The van der Waals surface area contributed by atoms with Crippen LogP contribution in [-0.2, 0) is 0 Å². The molecule has 0 aliphatic carbocycles. The average molecular weight is 359 g/mol. The number of ether oxygens (including phenoxy) is 2. The molecule has 0 saturated heterocycles. The molecule has 0 aliphatic heterocycles. The molecule has 0 unspecified atom stereocenters. The molecule has 1 aromatic heterocycles. The molecule has 1 amide bonds. The van der Waals surface area contributed by atoms with Crippen molar-refractivity contribution in [2.24, 2.45) is 0 Å². The van der Waals surface area contributed by atoms with Crippen LogP contribution in [0, 0.1) is 0 Å². The van der Waals surface area contributed by atoms with E-state index in [1.54, 1.807) is 32.4 Å². The van der Waals surface area contributed by atoms with E-state index in [0.717, 1.165) is 18.7 Å². The van der Waals surface area contributed by atoms with Crippen LogP contribution in [0.1, 0.15) is 16.9 Å². The number of hydrogen-bond donors (Lipinski definition) is 2. The van der Waals surface area contributed by atoms with Crippen molar-refractivity contribution in [2.45, 2.75) is 6.42 Å². The molecule has 2 aromatic rings. The summed E-state index contributed by atoms with van der Waals surface area (Å²) in [4.78, 5) is 14.1. The van der Waals surface area contributed by atoms with Gasteiger partial charge in [-0.3, -0.25) is 4.79 Å². The molecule has 140 valence electrons. The minimum atomic E-state index is -0.232. The summed E-state index contributed by atoms with van der Waals surface area (Å²) < 4.78 is 10.5. The smallest absolute Gasteiger partial charge is 0.271 e. The molecular formula is C18H25N5O3. The molecule has 8 heteroatoms. The molecule has 0 bridgehead atoms. The highest BCUT2D eigenvalue weighted by molar-refractivity contribution is 5.92. The van der Waals surface area contributed by atoms with Gasteiger partial charge in [-0.2, -0.15) is 0 Å². The summed E-state index contributed by atoms with van der Waals surface area (Å²) in [7, 11) is 7.17. The number of anilines is 2. The Kier molecular flexibility index (Phi) is 7.16. The molecule has 0 spiro atoms. The van der Waals surface area contributed by atoms with E-state index in [1.165, 1.54) is 0 Å². The summed E-state index contributed by atoms with van der Waals surface area (Å²) in [5.41, 5.74) is 1.01. The third-order valence-corrected chi connectivity index (χ3v) is 3.64. The first-order chi connectivity index (χ1) is 12.5. The molecule has 2 N–H and O–H groups in total. The molecule has 1 aromatic carbocycles. The van der Waals surface area contributed by atoms with Gasteiger partial charge in [0.05, 0.1) is 19.9 Å². The van der Waals surface area contributed by atoms with Crippen LogP contribution in [0.4, 0.5) is 11.5 Å². The lowest BCUT2D eigenvalue weighted by Crippen LogP contribution is -2.28. The lowest BCUT2D eigenvalue weighted by molar-refractivity contribution is 0.0946. The van der Waals surface area contributed by atoms with Gasteiger partial charge in [-0.05, 0) is 51.3 Å². The van der Waals surface area contributed by atoms with Crippen molar-refractivity contribution in [1.29, 1.82) is 0 Å². The summed E-state index contributed by atoms with van der Waals surface area (Å²) >= 11 is 0. The van der Waals surface area contributed by atoms with Crippen LogP contribution < -0.4 is 20.1 Å². The zero-order valence-corrected chi connectivity index (χ0v) is 15.6. The first kappa shape index (κ1) is 19.5. The Hall–Kier alpha value is -2.87. The number of aromatic nitrogens is 2. The van der Waals surface area contributed by atoms with E-state index in [1.807, 2.05) is 26.2 Å². The van der Waals surface area contributed by atoms with Gasteiger partial charge in [0.25, 0.3) is 5.91 Å². The fraction of sp³-hybridized carbons (Fsp3) is 0.389. The second-order valence-electron chi connectivity index (χ2n) is 5.91. The number of methoxy groups -OCH3 is 2. The first-order valence-corrected chi connectivity index (χ1v) is 8.29. The molecule has 0 saturated carbocycles. The second kappa shape index (κ2) is 9.57. The van der Waals surface area contributed by atoms with E-state index in [2.05, 4.69) is 25.7 Å². The van der Waals surface area contributed by atoms with Gasteiger partial charge in [-0.15, -0.1) is 10.2 Å². The van der Waals surface area contributed by atoms with E-state index in [9.17, 15) is 4.79 Å². The van der Waals surface area contributed by atoms with E-state index in [-0.39, 0.29) is 11.6 Å². The predicted molar refractivity (Wildman–Crippen MR) is 100 cm³/mol. The summed E-state index contributed by atoms with van der Waals surface area (Å²) in [5, 5.41) is 14.0. The highest BCUT2D eigenvalue weighted by atomic mass is 16.5. The summed E-state index contributed by atoms with van der Waals surface area (Å²) in [6.07, 6.45) is 0.878. The number of hydrogen-bond acceptors (Lipinski definition) is 7. The molecule has 2 rings (SSSR count). The SMILES string of the molecule is COc1ccc(Nc2ccc(C(=O)NCCCN(C)C)nn2)c(OC)c1. The Morgan fingerprint density at radius 2 is 1.92 bits per heavy atom. The molecule has 26 heavy (non-hydrogen) atoms. The minimum Gasteiger partial charge on any atom is -0.497 e. The van der Waals surface area contributed by atoms with Crippen LogP contribution in [0.2, 0.25) is 0 Å². The van der Waals surface area contributed by atoms with Crippen LogP contribution in [-0.4, -0.2) is 62.4 Å². The summed E-state index contributed by atoms with van der Waals surface area (Å²) in [6.45, 7) is 1.51. The number of benzene rings is 1. The number of nitrogens with one attached hydrogen (secondary N) is 2. The van der Waals surface area contributed by atoms with Gasteiger partial charge in [0, 0.05) is 12.6 Å². The maximum Gasteiger partial charge on any atom is 0.271 e. The van der Waals surface area contributed by atoms with Crippen LogP contribution >= 0.6 is 0 Å². The van der Waals surface area contributed by atoms with Gasteiger partial charge in [0.1, 0.15) is 11.5 Å². The maximum atomic E-state index is 12.0. The van der Waals surface area contributed by atoms with Crippen LogP contribution in [0.25, 0.3) is 0 Å². The first-order valence-electron chi connectivity index (χ1n) is 8.29. The van der Waals surface area contributed by atoms with E-state index >= 15 is 0 Å². The van der Waals surface area contributed by atoms with Crippen molar-refractivity contribution in [3.63, 3.8) is 0 Å². The van der Waals surface area contributed by atoms with Crippen molar-refractivity contribution < 1.29 is 14.3 Å². The van der Waals surface area contributed by atoms with Gasteiger partial charge < -0.3 is 25.0 Å². The topological polar surface area (TPSA) is 88.6 Å². The third kappa shape index (κ3) is 5.59. The molecule has 0 atom stereocenters. The van der Waals surface area contributed by atoms with Crippen LogP contribution in [0.5, 0.6) is 11.5 Å².